The van der Waals surface area contributed by atoms with Gasteiger partial charge in [0.15, 0.2) is 5.82 Å². The van der Waals surface area contributed by atoms with Gasteiger partial charge in [-0.05, 0) is 36.1 Å². The summed E-state index contributed by atoms with van der Waals surface area (Å²) in [5, 5.41) is 4.08. The molecule has 1 aliphatic rings. The highest BCUT2D eigenvalue weighted by Crippen LogP contribution is 2.36. The van der Waals surface area contributed by atoms with Gasteiger partial charge in [0.25, 0.3) is 5.91 Å². The summed E-state index contributed by atoms with van der Waals surface area (Å²) in [6.45, 7) is 4.33. The van der Waals surface area contributed by atoms with Gasteiger partial charge in [0.05, 0.1) is 6.04 Å². The van der Waals surface area contributed by atoms with Crippen LogP contribution in [-0.4, -0.2) is 37.1 Å². The molecule has 0 spiro atoms. The average molecular weight is 345 g/mol. The first-order valence-corrected chi connectivity index (χ1v) is 8.58. The summed E-state index contributed by atoms with van der Waals surface area (Å²) in [6.07, 6.45) is 8.32. The first kappa shape index (κ1) is 16.2. The van der Waals surface area contributed by atoms with Crippen LogP contribution >= 0.6 is 0 Å². The number of hydrogen-bond acceptors (Lipinski definition) is 4. The summed E-state index contributed by atoms with van der Waals surface area (Å²) in [6, 6.07) is 11.9. The molecule has 0 N–H and O–H groups in total. The molecule has 1 amide bonds. The first-order chi connectivity index (χ1) is 12.8. The van der Waals surface area contributed by atoms with Crippen LogP contribution in [0.1, 0.15) is 33.9 Å². The molecule has 1 aromatic carbocycles. The molecule has 2 heterocycles. The smallest absolute Gasteiger partial charge is 0.254 e. The predicted octanol–water partition coefficient (Wildman–Crippen LogP) is 2.98. The minimum atomic E-state index is -0.0321. The van der Waals surface area contributed by atoms with E-state index in [1.165, 1.54) is 17.5 Å². The van der Waals surface area contributed by atoms with Crippen LogP contribution in [0.3, 0.4) is 0 Å². The van der Waals surface area contributed by atoms with E-state index in [9.17, 15) is 4.79 Å². The van der Waals surface area contributed by atoms with Crippen LogP contribution in [0, 0.1) is 0 Å². The van der Waals surface area contributed by atoms with Crippen molar-refractivity contribution in [3.05, 3.63) is 84.6 Å². The Labute approximate surface area is 151 Å². The summed E-state index contributed by atoms with van der Waals surface area (Å²) in [4.78, 5) is 23.3. The van der Waals surface area contributed by atoms with Gasteiger partial charge in [0, 0.05) is 18.3 Å². The Hall–Kier alpha value is -3.28. The van der Waals surface area contributed by atoms with E-state index in [0.29, 0.717) is 17.9 Å². The second-order valence-electron chi connectivity index (χ2n) is 6.24. The summed E-state index contributed by atoms with van der Waals surface area (Å²) >= 11 is 0. The van der Waals surface area contributed by atoms with Crippen molar-refractivity contribution >= 4 is 5.91 Å². The lowest BCUT2D eigenvalue weighted by molar-refractivity contribution is 0.0701. The van der Waals surface area contributed by atoms with Crippen molar-refractivity contribution in [1.82, 2.24) is 24.6 Å². The number of carbonyl (C=O) groups is 1. The number of aromatic nitrogens is 4. The van der Waals surface area contributed by atoms with Crippen LogP contribution in [-0.2, 0) is 6.42 Å². The van der Waals surface area contributed by atoms with Crippen molar-refractivity contribution in [2.45, 2.75) is 18.9 Å². The Kier molecular flexibility index (Phi) is 4.31. The van der Waals surface area contributed by atoms with Crippen molar-refractivity contribution in [3.8, 4) is 5.82 Å². The van der Waals surface area contributed by atoms with Gasteiger partial charge in [0.2, 0.25) is 0 Å². The standard InChI is InChI=1S/C20H19N5O/c1-2-11-24(18-8-7-15-5-3-4-6-17(15)18)20(26)16-9-10-22-19(12-16)25-14-21-13-23-25/h2-6,9-10,12-14,18H,1,7-8,11H2/t18-/m0/s1. The van der Waals surface area contributed by atoms with Gasteiger partial charge in [-0.25, -0.2) is 14.6 Å². The molecule has 130 valence electrons. The fraction of sp³-hybridized carbons (Fsp3) is 0.200. The van der Waals surface area contributed by atoms with Crippen molar-refractivity contribution in [1.29, 1.82) is 0 Å². The molecule has 0 bridgehead atoms. The Bertz CT molecular complexity index is 935. The Morgan fingerprint density at radius 2 is 2.23 bits per heavy atom. The molecule has 0 saturated carbocycles. The third-order valence-electron chi connectivity index (χ3n) is 4.71. The first-order valence-electron chi connectivity index (χ1n) is 8.58. The maximum absolute atomic E-state index is 13.3. The summed E-state index contributed by atoms with van der Waals surface area (Å²) in [7, 11) is 0. The van der Waals surface area contributed by atoms with Crippen LogP contribution < -0.4 is 0 Å². The molecule has 0 unspecified atom stereocenters. The van der Waals surface area contributed by atoms with E-state index in [2.05, 4.69) is 33.8 Å². The summed E-state index contributed by atoms with van der Waals surface area (Å²) in [5.41, 5.74) is 3.13. The third-order valence-corrected chi connectivity index (χ3v) is 4.71. The number of benzene rings is 1. The molecule has 1 aliphatic carbocycles. The van der Waals surface area contributed by atoms with E-state index in [0.717, 1.165) is 12.8 Å². The number of carbonyl (C=O) groups excluding carboxylic acids is 1. The molecule has 0 aliphatic heterocycles. The van der Waals surface area contributed by atoms with Crippen LogP contribution in [0.2, 0.25) is 0 Å². The molecule has 4 rings (SSSR count). The molecule has 2 aromatic heterocycles. The lowest BCUT2D eigenvalue weighted by Gasteiger charge is -2.29. The zero-order chi connectivity index (χ0) is 17.9. The van der Waals surface area contributed by atoms with E-state index in [1.54, 1.807) is 35.4 Å². The molecule has 6 nitrogen and oxygen atoms in total. The Balaban J connectivity index is 1.67. The molecule has 1 atom stereocenters. The minimum Gasteiger partial charge on any atom is -0.328 e. The van der Waals surface area contributed by atoms with E-state index in [4.69, 9.17) is 0 Å². The van der Waals surface area contributed by atoms with Gasteiger partial charge in [0.1, 0.15) is 12.7 Å². The molecule has 0 saturated heterocycles. The molecule has 26 heavy (non-hydrogen) atoms. The number of nitrogens with zero attached hydrogens (tertiary/aromatic N) is 5. The Morgan fingerprint density at radius 1 is 1.35 bits per heavy atom. The monoisotopic (exact) mass is 345 g/mol. The third kappa shape index (κ3) is 2.90. The van der Waals surface area contributed by atoms with Crippen LogP contribution in [0.25, 0.3) is 5.82 Å². The van der Waals surface area contributed by atoms with Crippen molar-refractivity contribution in [2.24, 2.45) is 0 Å². The van der Waals surface area contributed by atoms with Crippen molar-refractivity contribution in [3.63, 3.8) is 0 Å². The topological polar surface area (TPSA) is 63.9 Å². The Morgan fingerprint density at radius 3 is 3.04 bits per heavy atom. The number of aryl methyl sites for hydroxylation is 1. The highest BCUT2D eigenvalue weighted by atomic mass is 16.2. The lowest BCUT2D eigenvalue weighted by Crippen LogP contribution is -2.34. The predicted molar refractivity (Wildman–Crippen MR) is 97.9 cm³/mol. The van der Waals surface area contributed by atoms with Gasteiger partial charge >= 0.3 is 0 Å². The second-order valence-corrected chi connectivity index (χ2v) is 6.24. The number of rotatable bonds is 5. The van der Waals surface area contributed by atoms with E-state index in [-0.39, 0.29) is 11.9 Å². The van der Waals surface area contributed by atoms with Gasteiger partial charge < -0.3 is 4.90 Å². The number of hydrogen-bond donors (Lipinski definition) is 0. The molecule has 3 aromatic rings. The zero-order valence-corrected chi connectivity index (χ0v) is 14.3. The van der Waals surface area contributed by atoms with Crippen LogP contribution in [0.4, 0.5) is 0 Å². The van der Waals surface area contributed by atoms with Gasteiger partial charge in [-0.15, -0.1) is 6.58 Å². The highest BCUT2D eigenvalue weighted by Gasteiger charge is 2.30. The fourth-order valence-electron chi connectivity index (χ4n) is 3.52. The largest absolute Gasteiger partial charge is 0.328 e. The zero-order valence-electron chi connectivity index (χ0n) is 14.3. The van der Waals surface area contributed by atoms with Gasteiger partial charge in [-0.2, -0.15) is 5.10 Å². The molecule has 0 fully saturated rings. The number of pyridine rings is 1. The van der Waals surface area contributed by atoms with Crippen molar-refractivity contribution < 1.29 is 4.79 Å². The highest BCUT2D eigenvalue weighted by molar-refractivity contribution is 5.95. The van der Waals surface area contributed by atoms with Crippen LogP contribution in [0.15, 0.2) is 67.9 Å². The lowest BCUT2D eigenvalue weighted by atomic mass is 10.1. The van der Waals surface area contributed by atoms with Crippen molar-refractivity contribution in [2.75, 3.05) is 6.54 Å². The molecule has 6 heteroatoms. The van der Waals surface area contributed by atoms with Crippen LogP contribution in [0.5, 0.6) is 0 Å². The number of amides is 1. The maximum atomic E-state index is 13.3. The second kappa shape index (κ2) is 6.92. The minimum absolute atomic E-state index is 0.0321. The number of fused-ring (bicyclic) bond motifs is 1. The van der Waals surface area contributed by atoms with Gasteiger partial charge in [-0.3, -0.25) is 4.79 Å². The summed E-state index contributed by atoms with van der Waals surface area (Å²) < 4.78 is 1.54. The summed E-state index contributed by atoms with van der Waals surface area (Å²) in [5.74, 6) is 0.536. The van der Waals surface area contributed by atoms with E-state index >= 15 is 0 Å². The SMILES string of the molecule is C=CCN(C(=O)c1ccnc(-n2cncn2)c1)[C@H]1CCc2ccccc21. The van der Waals surface area contributed by atoms with E-state index in [1.807, 2.05) is 17.0 Å². The van der Waals surface area contributed by atoms with Gasteiger partial charge in [-0.1, -0.05) is 30.3 Å². The fourth-order valence-corrected chi connectivity index (χ4v) is 3.52. The average Bonchev–Trinajstić information content (AvgIpc) is 3.36. The quantitative estimate of drug-likeness (QED) is 0.667. The normalized spacial score (nSPS) is 15.5. The molecule has 0 radical (unpaired) electrons. The van der Waals surface area contributed by atoms with E-state index < -0.39 is 0 Å². The maximum Gasteiger partial charge on any atom is 0.254 e. The molecular formula is C20H19N5O. The molecular weight excluding hydrogens is 326 g/mol.